The standard InChI is InChI=1S/C19H22N2O3S/c1-21(13-14-5-3-2-4-6-14)25(22,23)15-7-8-18-17(11-15)16-9-10-20-12-19(16)24-18/h2-8,11,16,19-20H,9-10,12-13H2,1H3. The van der Waals surface area contributed by atoms with Gasteiger partial charge in [0, 0.05) is 31.6 Å². The molecule has 0 saturated carbocycles. The molecule has 0 radical (unpaired) electrons. The lowest BCUT2D eigenvalue weighted by Gasteiger charge is -2.25. The summed E-state index contributed by atoms with van der Waals surface area (Å²) in [6.45, 7) is 2.11. The number of nitrogens with zero attached hydrogens (tertiary/aromatic N) is 1. The molecule has 1 N–H and O–H groups in total. The van der Waals surface area contributed by atoms with Gasteiger partial charge in [0.15, 0.2) is 0 Å². The molecular formula is C19H22N2O3S. The Morgan fingerprint density at radius 3 is 2.80 bits per heavy atom. The number of nitrogens with one attached hydrogen (secondary N) is 1. The van der Waals surface area contributed by atoms with E-state index in [4.69, 9.17) is 4.74 Å². The summed E-state index contributed by atoms with van der Waals surface area (Å²) in [5, 5.41) is 3.33. The summed E-state index contributed by atoms with van der Waals surface area (Å²) in [7, 11) is -1.91. The molecular weight excluding hydrogens is 336 g/mol. The van der Waals surface area contributed by atoms with E-state index in [9.17, 15) is 8.42 Å². The van der Waals surface area contributed by atoms with Gasteiger partial charge in [-0.25, -0.2) is 8.42 Å². The van der Waals surface area contributed by atoms with Crippen molar-refractivity contribution in [3.63, 3.8) is 0 Å². The van der Waals surface area contributed by atoms with Crippen molar-refractivity contribution in [2.75, 3.05) is 20.1 Å². The minimum absolute atomic E-state index is 0.115. The van der Waals surface area contributed by atoms with Crippen LogP contribution in [0.25, 0.3) is 0 Å². The average molecular weight is 358 g/mol. The van der Waals surface area contributed by atoms with E-state index < -0.39 is 10.0 Å². The number of rotatable bonds is 4. The lowest BCUT2D eigenvalue weighted by molar-refractivity contribution is 0.177. The summed E-state index contributed by atoms with van der Waals surface area (Å²) in [6, 6.07) is 14.9. The first-order chi connectivity index (χ1) is 12.1. The molecule has 2 heterocycles. The third-order valence-corrected chi connectivity index (χ3v) is 6.84. The van der Waals surface area contributed by atoms with Crippen molar-refractivity contribution in [3.8, 4) is 5.75 Å². The zero-order valence-electron chi connectivity index (χ0n) is 14.2. The molecule has 4 rings (SSSR count). The largest absolute Gasteiger partial charge is 0.488 e. The highest BCUT2D eigenvalue weighted by Crippen LogP contribution is 2.42. The molecule has 6 heteroatoms. The molecule has 132 valence electrons. The Morgan fingerprint density at radius 1 is 1.20 bits per heavy atom. The van der Waals surface area contributed by atoms with Crippen molar-refractivity contribution in [2.24, 2.45) is 0 Å². The highest BCUT2D eigenvalue weighted by atomic mass is 32.2. The van der Waals surface area contributed by atoms with Crippen molar-refractivity contribution >= 4 is 10.0 Å². The quantitative estimate of drug-likeness (QED) is 0.911. The van der Waals surface area contributed by atoms with E-state index in [-0.39, 0.29) is 12.0 Å². The van der Waals surface area contributed by atoms with E-state index in [1.54, 1.807) is 19.2 Å². The van der Waals surface area contributed by atoms with Gasteiger partial charge in [-0.05, 0) is 36.7 Å². The van der Waals surface area contributed by atoms with Crippen molar-refractivity contribution < 1.29 is 13.2 Å². The molecule has 2 unspecified atom stereocenters. The van der Waals surface area contributed by atoms with Gasteiger partial charge in [0.25, 0.3) is 0 Å². The molecule has 2 atom stereocenters. The second-order valence-electron chi connectivity index (χ2n) is 6.70. The van der Waals surface area contributed by atoms with Crippen molar-refractivity contribution in [1.82, 2.24) is 9.62 Å². The van der Waals surface area contributed by atoms with Crippen LogP contribution in [0.4, 0.5) is 0 Å². The summed E-state index contributed by atoms with van der Waals surface area (Å²) >= 11 is 0. The molecule has 0 aromatic heterocycles. The van der Waals surface area contributed by atoms with Gasteiger partial charge in [0.05, 0.1) is 4.90 Å². The highest BCUT2D eigenvalue weighted by molar-refractivity contribution is 7.89. The number of piperidine rings is 1. The van der Waals surface area contributed by atoms with E-state index in [1.807, 2.05) is 36.4 Å². The number of hydrogen-bond donors (Lipinski definition) is 1. The van der Waals surface area contributed by atoms with Crippen LogP contribution in [0.2, 0.25) is 0 Å². The zero-order valence-corrected chi connectivity index (χ0v) is 15.0. The van der Waals surface area contributed by atoms with Crippen molar-refractivity contribution in [2.45, 2.75) is 29.9 Å². The summed E-state index contributed by atoms with van der Waals surface area (Å²) in [5.74, 6) is 1.11. The fraction of sp³-hybridized carbons (Fsp3) is 0.368. The Labute approximate surface area is 148 Å². The van der Waals surface area contributed by atoms with Gasteiger partial charge in [-0.15, -0.1) is 0 Å². The van der Waals surface area contributed by atoms with E-state index in [0.29, 0.717) is 11.4 Å². The summed E-state index contributed by atoms with van der Waals surface area (Å²) in [5.41, 5.74) is 2.00. The van der Waals surface area contributed by atoms with Crippen LogP contribution in [0.1, 0.15) is 23.5 Å². The van der Waals surface area contributed by atoms with Crippen LogP contribution in [0.5, 0.6) is 5.75 Å². The number of fused-ring (bicyclic) bond motifs is 3. The fourth-order valence-corrected chi connectivity index (χ4v) is 4.86. The van der Waals surface area contributed by atoms with Gasteiger partial charge in [-0.2, -0.15) is 4.31 Å². The highest BCUT2D eigenvalue weighted by Gasteiger charge is 2.37. The number of benzene rings is 2. The van der Waals surface area contributed by atoms with Gasteiger partial charge in [0.1, 0.15) is 11.9 Å². The second-order valence-corrected chi connectivity index (χ2v) is 8.75. The van der Waals surface area contributed by atoms with E-state index in [2.05, 4.69) is 5.32 Å². The van der Waals surface area contributed by atoms with Crippen LogP contribution in [-0.4, -0.2) is 39.0 Å². The summed E-state index contributed by atoms with van der Waals surface area (Å²) in [6.07, 6.45) is 1.09. The first-order valence-electron chi connectivity index (χ1n) is 8.57. The molecule has 1 fully saturated rings. The molecule has 2 aliphatic rings. The molecule has 0 bridgehead atoms. The Kier molecular flexibility index (Phi) is 4.27. The van der Waals surface area contributed by atoms with Crippen molar-refractivity contribution in [3.05, 3.63) is 59.7 Å². The summed E-state index contributed by atoms with van der Waals surface area (Å²) in [4.78, 5) is 0.340. The van der Waals surface area contributed by atoms with Crippen LogP contribution in [-0.2, 0) is 16.6 Å². The number of ether oxygens (including phenoxy) is 1. The Bertz CT molecular complexity index is 867. The van der Waals surface area contributed by atoms with Crippen LogP contribution >= 0.6 is 0 Å². The van der Waals surface area contributed by atoms with Crippen LogP contribution < -0.4 is 10.1 Å². The lowest BCUT2D eigenvalue weighted by atomic mass is 9.90. The normalized spacial score (nSPS) is 22.3. The minimum Gasteiger partial charge on any atom is -0.488 e. The van der Waals surface area contributed by atoms with Crippen molar-refractivity contribution in [1.29, 1.82) is 0 Å². The van der Waals surface area contributed by atoms with Crippen LogP contribution in [0.15, 0.2) is 53.4 Å². The van der Waals surface area contributed by atoms with E-state index in [0.717, 1.165) is 36.4 Å². The Morgan fingerprint density at radius 2 is 2.00 bits per heavy atom. The molecule has 25 heavy (non-hydrogen) atoms. The molecule has 0 spiro atoms. The van der Waals surface area contributed by atoms with E-state index in [1.165, 1.54) is 4.31 Å². The third-order valence-electron chi connectivity index (χ3n) is 5.04. The molecule has 2 aliphatic heterocycles. The first-order valence-corrected chi connectivity index (χ1v) is 10.0. The van der Waals surface area contributed by atoms with E-state index >= 15 is 0 Å². The maximum absolute atomic E-state index is 13.0. The fourth-order valence-electron chi connectivity index (χ4n) is 3.66. The molecule has 5 nitrogen and oxygen atoms in total. The van der Waals surface area contributed by atoms with Crippen LogP contribution in [0.3, 0.4) is 0 Å². The predicted octanol–water partition coefficient (Wildman–Crippen LogP) is 2.35. The van der Waals surface area contributed by atoms with Gasteiger partial charge in [-0.3, -0.25) is 0 Å². The number of hydrogen-bond acceptors (Lipinski definition) is 4. The first kappa shape index (κ1) is 16.6. The van der Waals surface area contributed by atoms with Gasteiger partial charge in [0.2, 0.25) is 10.0 Å². The topological polar surface area (TPSA) is 58.6 Å². The average Bonchev–Trinajstić information content (AvgIpc) is 3.00. The predicted molar refractivity (Wildman–Crippen MR) is 96.2 cm³/mol. The molecule has 2 aromatic rings. The monoisotopic (exact) mass is 358 g/mol. The van der Waals surface area contributed by atoms with Gasteiger partial charge < -0.3 is 10.1 Å². The summed E-state index contributed by atoms with van der Waals surface area (Å²) < 4.78 is 33.3. The smallest absolute Gasteiger partial charge is 0.243 e. The molecule has 0 aliphatic carbocycles. The second kappa shape index (κ2) is 6.44. The Hall–Kier alpha value is -1.89. The maximum atomic E-state index is 13.0. The zero-order chi connectivity index (χ0) is 17.4. The molecule has 0 amide bonds. The Balaban J connectivity index is 1.61. The van der Waals surface area contributed by atoms with Gasteiger partial charge >= 0.3 is 0 Å². The lowest BCUT2D eigenvalue weighted by Crippen LogP contribution is -2.39. The van der Waals surface area contributed by atoms with Crippen LogP contribution in [0, 0.1) is 0 Å². The number of sulfonamides is 1. The molecule has 1 saturated heterocycles. The van der Waals surface area contributed by atoms with Gasteiger partial charge in [-0.1, -0.05) is 30.3 Å². The molecule has 2 aromatic carbocycles. The maximum Gasteiger partial charge on any atom is 0.243 e. The third kappa shape index (κ3) is 3.05. The minimum atomic E-state index is -3.53. The SMILES string of the molecule is CN(Cc1ccccc1)S(=O)(=O)c1ccc2c(c1)C1CCNCC1O2.